The van der Waals surface area contributed by atoms with Crippen LogP contribution in [0, 0.1) is 5.92 Å². The predicted octanol–water partition coefficient (Wildman–Crippen LogP) is 2.99. The van der Waals surface area contributed by atoms with Crippen molar-refractivity contribution < 1.29 is 31.5 Å². The molecule has 0 bridgehead atoms. The van der Waals surface area contributed by atoms with Gasteiger partial charge in [0.05, 0.1) is 10.5 Å². The van der Waals surface area contributed by atoms with E-state index in [2.05, 4.69) is 0 Å². The van der Waals surface area contributed by atoms with Crippen molar-refractivity contribution in [3.05, 3.63) is 35.4 Å². The molecule has 2 rings (SSSR count). The van der Waals surface area contributed by atoms with Gasteiger partial charge in [-0.2, -0.15) is 13.2 Å². The Kier molecular flexibility index (Phi) is 4.08. The molecule has 0 radical (unpaired) electrons. The van der Waals surface area contributed by atoms with Crippen molar-refractivity contribution >= 4 is 21.4 Å². The van der Waals surface area contributed by atoms with Crippen molar-refractivity contribution in [3.63, 3.8) is 0 Å². The van der Waals surface area contributed by atoms with Gasteiger partial charge in [0.2, 0.25) is 0 Å². The Morgan fingerprint density at radius 1 is 1.32 bits per heavy atom. The summed E-state index contributed by atoms with van der Waals surface area (Å²) in [6.45, 7) is 0. The first-order valence-electron chi connectivity index (χ1n) is 6.36. The molecule has 0 amide bonds. The Hall–Kier alpha value is -1.83. The lowest BCUT2D eigenvalue weighted by atomic mass is 10.1. The van der Waals surface area contributed by atoms with E-state index in [-0.39, 0.29) is 17.3 Å². The second-order valence-corrected chi connectivity index (χ2v) is 7.17. The molecular formula is C14H13F3O4S. The smallest absolute Gasteiger partial charge is 0.416 e. The van der Waals surface area contributed by atoms with Crippen LogP contribution in [0.3, 0.4) is 0 Å². The summed E-state index contributed by atoms with van der Waals surface area (Å²) in [5.41, 5.74) is -1.46. The van der Waals surface area contributed by atoms with Gasteiger partial charge >= 0.3 is 6.18 Å². The molecule has 0 unspecified atom stereocenters. The predicted molar refractivity (Wildman–Crippen MR) is 72.9 cm³/mol. The summed E-state index contributed by atoms with van der Waals surface area (Å²) in [6.07, 6.45) is -1.72. The van der Waals surface area contributed by atoms with Crippen molar-refractivity contribution in [2.45, 2.75) is 23.9 Å². The molecule has 0 heterocycles. The molecule has 1 saturated carbocycles. The number of sulfone groups is 1. The number of ketones is 1. The van der Waals surface area contributed by atoms with Gasteiger partial charge in [-0.1, -0.05) is 0 Å². The van der Waals surface area contributed by atoms with Crippen LogP contribution in [0.4, 0.5) is 13.2 Å². The van der Waals surface area contributed by atoms with Crippen LogP contribution >= 0.6 is 0 Å². The van der Waals surface area contributed by atoms with Gasteiger partial charge < -0.3 is 5.11 Å². The molecule has 0 aliphatic heterocycles. The van der Waals surface area contributed by atoms with Crippen molar-refractivity contribution in [1.29, 1.82) is 0 Å². The van der Waals surface area contributed by atoms with Crippen LogP contribution < -0.4 is 0 Å². The van der Waals surface area contributed by atoms with E-state index in [9.17, 15) is 31.5 Å². The maximum Gasteiger partial charge on any atom is 0.416 e. The molecule has 1 aromatic carbocycles. The second kappa shape index (κ2) is 5.42. The second-order valence-electron chi connectivity index (χ2n) is 5.19. The van der Waals surface area contributed by atoms with Crippen molar-refractivity contribution in [3.8, 4) is 0 Å². The zero-order valence-corrected chi connectivity index (χ0v) is 12.3. The van der Waals surface area contributed by atoms with E-state index in [0.29, 0.717) is 25.0 Å². The molecule has 0 aromatic heterocycles. The van der Waals surface area contributed by atoms with Gasteiger partial charge in [0.25, 0.3) is 0 Å². The minimum absolute atomic E-state index is 0.196. The molecule has 1 fully saturated rings. The summed E-state index contributed by atoms with van der Waals surface area (Å²) in [5, 5.41) is 9.90. The van der Waals surface area contributed by atoms with E-state index in [0.717, 1.165) is 18.4 Å². The fourth-order valence-electron chi connectivity index (χ4n) is 1.92. The first-order valence-corrected chi connectivity index (χ1v) is 8.25. The van der Waals surface area contributed by atoms with E-state index in [1.807, 2.05) is 0 Å². The third-order valence-corrected chi connectivity index (χ3v) is 4.38. The normalized spacial score (nSPS) is 16.6. The number of carbonyl (C=O) groups excluding carboxylic acids is 1. The highest BCUT2D eigenvalue weighted by Crippen LogP contribution is 2.34. The average molecular weight is 334 g/mol. The highest BCUT2D eigenvalue weighted by molar-refractivity contribution is 7.90. The van der Waals surface area contributed by atoms with Gasteiger partial charge in [-0.05, 0) is 31.0 Å². The first-order chi connectivity index (χ1) is 10.00. The van der Waals surface area contributed by atoms with Gasteiger partial charge in [0, 0.05) is 23.8 Å². The fraction of sp³-hybridized carbons (Fsp3) is 0.357. The molecule has 4 nitrogen and oxygen atoms in total. The summed E-state index contributed by atoms with van der Waals surface area (Å²) in [6, 6.07) is 1.97. The van der Waals surface area contributed by atoms with Crippen LogP contribution in [0.1, 0.15) is 24.0 Å². The Bertz CT molecular complexity index is 744. The van der Waals surface area contributed by atoms with Gasteiger partial charge in [-0.25, -0.2) is 8.42 Å². The zero-order chi connectivity index (χ0) is 16.7. The summed E-state index contributed by atoms with van der Waals surface area (Å²) in [7, 11) is -4.01. The van der Waals surface area contributed by atoms with Crippen molar-refractivity contribution in [1.82, 2.24) is 0 Å². The molecule has 1 aliphatic rings. The van der Waals surface area contributed by atoms with Crippen LogP contribution in [0.2, 0.25) is 0 Å². The van der Waals surface area contributed by atoms with Crippen molar-refractivity contribution in [2.75, 3.05) is 6.26 Å². The van der Waals surface area contributed by atoms with E-state index in [1.54, 1.807) is 0 Å². The SMILES string of the molecule is CS(=O)(=O)c1cc(C(F)(F)F)ccc1/C(O)=C/C(=O)C1CC1. The lowest BCUT2D eigenvalue weighted by molar-refractivity contribution is -0.137. The van der Waals surface area contributed by atoms with Crippen LogP contribution in [-0.4, -0.2) is 25.6 Å². The Balaban J connectivity index is 2.53. The highest BCUT2D eigenvalue weighted by atomic mass is 32.2. The molecule has 8 heteroatoms. The third-order valence-electron chi connectivity index (χ3n) is 3.24. The average Bonchev–Trinajstić information content (AvgIpc) is 3.19. The topological polar surface area (TPSA) is 71.4 Å². The molecule has 1 aliphatic carbocycles. The third kappa shape index (κ3) is 3.68. The summed E-state index contributed by atoms with van der Waals surface area (Å²) >= 11 is 0. The Morgan fingerprint density at radius 3 is 2.36 bits per heavy atom. The lowest BCUT2D eigenvalue weighted by Crippen LogP contribution is -2.10. The van der Waals surface area contributed by atoms with E-state index in [4.69, 9.17) is 0 Å². The highest BCUT2D eigenvalue weighted by Gasteiger charge is 2.33. The minimum atomic E-state index is -4.71. The number of hydrogen-bond acceptors (Lipinski definition) is 4. The lowest BCUT2D eigenvalue weighted by Gasteiger charge is -2.12. The monoisotopic (exact) mass is 334 g/mol. The molecule has 1 aromatic rings. The number of allylic oxidation sites excluding steroid dienone is 1. The standard InChI is InChI=1S/C14H13F3O4S/c1-22(20,21)13-6-9(14(15,16)17)4-5-10(13)12(19)7-11(18)8-2-3-8/h4-8,19H,2-3H2,1H3/b12-7-. The number of rotatable bonds is 4. The maximum atomic E-state index is 12.7. The molecular weight excluding hydrogens is 321 g/mol. The van der Waals surface area contributed by atoms with Crippen molar-refractivity contribution in [2.24, 2.45) is 5.92 Å². The number of carbonyl (C=O) groups is 1. The molecule has 0 saturated heterocycles. The Labute approximate surface area is 125 Å². The van der Waals surface area contributed by atoms with E-state index >= 15 is 0 Å². The van der Waals surface area contributed by atoms with E-state index < -0.39 is 32.2 Å². The number of hydrogen-bond donors (Lipinski definition) is 1. The Morgan fingerprint density at radius 2 is 1.91 bits per heavy atom. The van der Waals surface area contributed by atoms with Gasteiger partial charge in [-0.15, -0.1) is 0 Å². The molecule has 1 N–H and O–H groups in total. The van der Waals surface area contributed by atoms with E-state index in [1.165, 1.54) is 0 Å². The van der Waals surface area contributed by atoms with Crippen LogP contribution in [0.5, 0.6) is 0 Å². The summed E-state index contributed by atoms with van der Waals surface area (Å²) < 4.78 is 61.4. The largest absolute Gasteiger partial charge is 0.507 e. The van der Waals surface area contributed by atoms with Gasteiger partial charge in [-0.3, -0.25) is 4.79 Å². The number of aliphatic hydroxyl groups excluding tert-OH is 1. The quantitative estimate of drug-likeness (QED) is 0.679. The number of benzene rings is 1. The zero-order valence-electron chi connectivity index (χ0n) is 11.5. The first kappa shape index (κ1) is 16.5. The fourth-order valence-corrected chi connectivity index (χ4v) is 2.83. The van der Waals surface area contributed by atoms with Gasteiger partial charge in [0.1, 0.15) is 5.76 Å². The molecule has 120 valence electrons. The minimum Gasteiger partial charge on any atom is -0.507 e. The number of halogens is 3. The van der Waals surface area contributed by atoms with Crippen LogP contribution in [0.25, 0.3) is 5.76 Å². The number of aliphatic hydroxyl groups is 1. The molecule has 0 spiro atoms. The number of alkyl halides is 3. The van der Waals surface area contributed by atoms with Gasteiger partial charge in [0.15, 0.2) is 15.6 Å². The summed E-state index contributed by atoms with van der Waals surface area (Å²) in [4.78, 5) is 10.9. The van der Waals surface area contributed by atoms with Crippen LogP contribution in [-0.2, 0) is 20.8 Å². The molecule has 22 heavy (non-hydrogen) atoms. The summed E-state index contributed by atoms with van der Waals surface area (Å²) in [5.74, 6) is -1.21. The molecule has 0 atom stereocenters. The van der Waals surface area contributed by atoms with Crippen LogP contribution in [0.15, 0.2) is 29.2 Å². The maximum absolute atomic E-state index is 12.7.